The second kappa shape index (κ2) is 5.02. The van der Waals surface area contributed by atoms with Crippen LogP contribution in [0, 0.1) is 12.3 Å². The van der Waals surface area contributed by atoms with E-state index in [1.807, 2.05) is 26.1 Å². The minimum absolute atomic E-state index is 0.496. The first-order valence-electron chi connectivity index (χ1n) is 6.15. The fourth-order valence-electron chi connectivity index (χ4n) is 2.50. The zero-order valence-electron chi connectivity index (χ0n) is 10.3. The Hall–Kier alpha value is -0.800. The Kier molecular flexibility index (Phi) is 3.66. The molecule has 1 aliphatic rings. The number of nitrogens with one attached hydrogen (secondary N) is 2. The average Bonchev–Trinajstić information content (AvgIpc) is 2.60. The highest BCUT2D eigenvalue weighted by atomic mass is 16.3. The third-order valence-corrected chi connectivity index (χ3v) is 3.56. The number of furan rings is 1. The van der Waals surface area contributed by atoms with Crippen molar-refractivity contribution in [2.45, 2.75) is 32.7 Å². The lowest BCUT2D eigenvalue weighted by Crippen LogP contribution is -2.46. The third kappa shape index (κ3) is 2.66. The maximum Gasteiger partial charge on any atom is 0.117 e. The Bertz CT molecular complexity index is 328. The monoisotopic (exact) mass is 222 g/mol. The lowest BCUT2D eigenvalue weighted by molar-refractivity contribution is 0.129. The van der Waals surface area contributed by atoms with Crippen LogP contribution in [0.2, 0.25) is 0 Å². The molecule has 0 spiro atoms. The second-order valence-electron chi connectivity index (χ2n) is 5.00. The summed E-state index contributed by atoms with van der Waals surface area (Å²) in [6, 6.07) is 4.07. The average molecular weight is 222 g/mol. The van der Waals surface area contributed by atoms with Gasteiger partial charge >= 0.3 is 0 Å². The summed E-state index contributed by atoms with van der Waals surface area (Å²) in [5.74, 6) is 2.03. The highest BCUT2D eigenvalue weighted by Gasteiger charge is 2.35. The Balaban J connectivity index is 1.74. The van der Waals surface area contributed by atoms with Gasteiger partial charge < -0.3 is 15.1 Å². The number of rotatable bonds is 6. The largest absolute Gasteiger partial charge is 0.465 e. The number of hydrogen-bond acceptors (Lipinski definition) is 3. The molecule has 1 fully saturated rings. The van der Waals surface area contributed by atoms with Gasteiger partial charge in [0.05, 0.1) is 6.54 Å². The van der Waals surface area contributed by atoms with Crippen molar-refractivity contribution in [3.8, 4) is 0 Å². The van der Waals surface area contributed by atoms with Gasteiger partial charge in [0.1, 0.15) is 11.5 Å². The summed E-state index contributed by atoms with van der Waals surface area (Å²) in [6.45, 7) is 5.04. The standard InChI is InChI=1S/C13H22N2O/c1-11-4-5-12(16-11)8-15-10-13(9-14-2)6-3-7-13/h4-5,14-15H,3,6-10H2,1-2H3. The molecule has 0 aromatic carbocycles. The summed E-state index contributed by atoms with van der Waals surface area (Å²) in [4.78, 5) is 0. The molecule has 0 amide bonds. The Morgan fingerprint density at radius 2 is 2.12 bits per heavy atom. The molecule has 16 heavy (non-hydrogen) atoms. The molecule has 0 atom stereocenters. The summed E-state index contributed by atoms with van der Waals surface area (Å²) < 4.78 is 5.53. The second-order valence-corrected chi connectivity index (χ2v) is 5.00. The van der Waals surface area contributed by atoms with E-state index in [2.05, 4.69) is 10.6 Å². The van der Waals surface area contributed by atoms with Crippen LogP contribution in [-0.4, -0.2) is 20.1 Å². The van der Waals surface area contributed by atoms with Crippen molar-refractivity contribution in [3.63, 3.8) is 0 Å². The van der Waals surface area contributed by atoms with Gasteiger partial charge in [-0.15, -0.1) is 0 Å². The van der Waals surface area contributed by atoms with Crippen LogP contribution in [0.1, 0.15) is 30.8 Å². The minimum atomic E-state index is 0.496. The quantitative estimate of drug-likeness (QED) is 0.773. The van der Waals surface area contributed by atoms with Crippen LogP contribution in [0.3, 0.4) is 0 Å². The number of hydrogen-bond donors (Lipinski definition) is 2. The van der Waals surface area contributed by atoms with E-state index in [1.165, 1.54) is 19.3 Å². The van der Waals surface area contributed by atoms with Crippen LogP contribution in [0.4, 0.5) is 0 Å². The smallest absolute Gasteiger partial charge is 0.117 e. The van der Waals surface area contributed by atoms with E-state index in [4.69, 9.17) is 4.42 Å². The summed E-state index contributed by atoms with van der Waals surface area (Å²) in [7, 11) is 2.04. The van der Waals surface area contributed by atoms with Gasteiger partial charge in [0.25, 0.3) is 0 Å². The van der Waals surface area contributed by atoms with Crippen molar-refractivity contribution in [2.24, 2.45) is 5.41 Å². The molecule has 3 heteroatoms. The lowest BCUT2D eigenvalue weighted by Gasteiger charge is -2.42. The highest BCUT2D eigenvalue weighted by molar-refractivity contribution is 5.05. The molecule has 1 aromatic heterocycles. The molecule has 1 heterocycles. The van der Waals surface area contributed by atoms with Crippen LogP contribution < -0.4 is 10.6 Å². The maximum absolute atomic E-state index is 5.53. The van der Waals surface area contributed by atoms with Crippen LogP contribution in [0.15, 0.2) is 16.5 Å². The highest BCUT2D eigenvalue weighted by Crippen LogP contribution is 2.39. The fraction of sp³-hybridized carbons (Fsp3) is 0.692. The molecule has 1 aromatic rings. The van der Waals surface area contributed by atoms with E-state index in [9.17, 15) is 0 Å². The molecule has 0 radical (unpaired) electrons. The van der Waals surface area contributed by atoms with Gasteiger partial charge in [0.2, 0.25) is 0 Å². The Morgan fingerprint density at radius 3 is 2.62 bits per heavy atom. The SMILES string of the molecule is CNCC1(CNCc2ccc(C)o2)CCC1. The Labute approximate surface area is 97.6 Å². The summed E-state index contributed by atoms with van der Waals surface area (Å²) in [5.41, 5.74) is 0.496. The van der Waals surface area contributed by atoms with Crippen molar-refractivity contribution in [1.82, 2.24) is 10.6 Å². The summed E-state index contributed by atoms with van der Waals surface area (Å²) in [6.07, 6.45) is 4.07. The molecule has 0 bridgehead atoms. The van der Waals surface area contributed by atoms with Crippen molar-refractivity contribution in [3.05, 3.63) is 23.7 Å². The fourth-order valence-corrected chi connectivity index (χ4v) is 2.50. The minimum Gasteiger partial charge on any atom is -0.465 e. The molecule has 0 unspecified atom stereocenters. The zero-order valence-corrected chi connectivity index (χ0v) is 10.3. The van der Waals surface area contributed by atoms with Crippen LogP contribution in [0.5, 0.6) is 0 Å². The molecule has 90 valence electrons. The Morgan fingerprint density at radius 1 is 1.31 bits per heavy atom. The maximum atomic E-state index is 5.53. The van der Waals surface area contributed by atoms with Gasteiger partial charge in [-0.1, -0.05) is 6.42 Å². The van der Waals surface area contributed by atoms with Crippen molar-refractivity contribution in [1.29, 1.82) is 0 Å². The van der Waals surface area contributed by atoms with E-state index in [-0.39, 0.29) is 0 Å². The molecular weight excluding hydrogens is 200 g/mol. The first-order valence-corrected chi connectivity index (χ1v) is 6.15. The topological polar surface area (TPSA) is 37.2 Å². The number of aryl methyl sites for hydroxylation is 1. The van der Waals surface area contributed by atoms with E-state index in [0.717, 1.165) is 31.2 Å². The summed E-state index contributed by atoms with van der Waals surface area (Å²) in [5, 5.41) is 6.81. The summed E-state index contributed by atoms with van der Waals surface area (Å²) >= 11 is 0. The first-order chi connectivity index (χ1) is 7.74. The van der Waals surface area contributed by atoms with Gasteiger partial charge in [-0.05, 0) is 44.4 Å². The van der Waals surface area contributed by atoms with E-state index in [1.54, 1.807) is 0 Å². The predicted octanol–water partition coefficient (Wildman–Crippen LogP) is 2.07. The molecule has 0 aliphatic heterocycles. The lowest BCUT2D eigenvalue weighted by atomic mass is 9.68. The van der Waals surface area contributed by atoms with E-state index < -0.39 is 0 Å². The normalized spacial score (nSPS) is 18.4. The zero-order chi connectivity index (χ0) is 11.4. The molecule has 3 nitrogen and oxygen atoms in total. The first kappa shape index (κ1) is 11.7. The molecule has 2 N–H and O–H groups in total. The van der Waals surface area contributed by atoms with Crippen LogP contribution >= 0.6 is 0 Å². The van der Waals surface area contributed by atoms with Crippen LogP contribution in [-0.2, 0) is 6.54 Å². The predicted molar refractivity (Wildman–Crippen MR) is 65.4 cm³/mol. The molecule has 1 aliphatic carbocycles. The van der Waals surface area contributed by atoms with Gasteiger partial charge in [0.15, 0.2) is 0 Å². The molecule has 2 rings (SSSR count). The van der Waals surface area contributed by atoms with Crippen LogP contribution in [0.25, 0.3) is 0 Å². The van der Waals surface area contributed by atoms with Crippen molar-refractivity contribution in [2.75, 3.05) is 20.1 Å². The van der Waals surface area contributed by atoms with E-state index in [0.29, 0.717) is 5.41 Å². The molecule has 0 saturated heterocycles. The molecular formula is C13H22N2O. The van der Waals surface area contributed by atoms with Crippen molar-refractivity contribution < 1.29 is 4.42 Å². The van der Waals surface area contributed by atoms with Crippen molar-refractivity contribution >= 4 is 0 Å². The van der Waals surface area contributed by atoms with Gasteiger partial charge in [0, 0.05) is 13.1 Å². The molecule has 1 saturated carbocycles. The van der Waals surface area contributed by atoms with Gasteiger partial charge in [-0.3, -0.25) is 0 Å². The van der Waals surface area contributed by atoms with Gasteiger partial charge in [-0.25, -0.2) is 0 Å². The van der Waals surface area contributed by atoms with E-state index >= 15 is 0 Å². The van der Waals surface area contributed by atoms with Gasteiger partial charge in [-0.2, -0.15) is 0 Å². The third-order valence-electron chi connectivity index (χ3n) is 3.56.